The molecular weight excluding hydrogens is 350 g/mol. The minimum absolute atomic E-state index is 0.216. The van der Waals surface area contributed by atoms with Gasteiger partial charge in [0.2, 0.25) is 0 Å². The zero-order chi connectivity index (χ0) is 19.1. The van der Waals surface area contributed by atoms with Crippen LogP contribution < -0.4 is 0 Å². The highest BCUT2D eigenvalue weighted by atomic mass is 35.5. The van der Waals surface area contributed by atoms with Crippen molar-refractivity contribution >= 4 is 34.4 Å². The molecule has 1 aromatic heterocycles. The average Bonchev–Trinajstić information content (AvgIpc) is 2.85. The van der Waals surface area contributed by atoms with Crippen molar-refractivity contribution in [3.05, 3.63) is 70.4 Å². The molecule has 0 spiro atoms. The Labute approximate surface area is 157 Å². The summed E-state index contributed by atoms with van der Waals surface area (Å²) in [6.45, 7) is 7.17. The fraction of sp³-hybridized carbons (Fsp3) is 0.238. The van der Waals surface area contributed by atoms with E-state index >= 15 is 0 Å². The largest absolute Gasteiger partial charge is 0.443 e. The summed E-state index contributed by atoms with van der Waals surface area (Å²) in [6, 6.07) is 14.2. The molecule has 26 heavy (non-hydrogen) atoms. The number of fused-ring (bicyclic) bond motifs is 1. The van der Waals surface area contributed by atoms with Crippen LogP contribution in [0.1, 0.15) is 42.4 Å². The molecule has 0 fully saturated rings. The van der Waals surface area contributed by atoms with Crippen LogP contribution >= 0.6 is 11.6 Å². The molecule has 134 valence electrons. The maximum absolute atomic E-state index is 13.2. The Morgan fingerprint density at radius 3 is 2.27 bits per heavy atom. The first-order valence-corrected chi connectivity index (χ1v) is 8.71. The molecule has 2 aromatic carbocycles. The molecule has 4 nitrogen and oxygen atoms in total. The Bertz CT molecular complexity index is 1010. The molecule has 0 atom stereocenters. The molecule has 0 aliphatic heterocycles. The van der Waals surface area contributed by atoms with E-state index in [4.69, 9.17) is 16.3 Å². The first kappa shape index (κ1) is 18.2. The lowest BCUT2D eigenvalue weighted by atomic mass is 10.0. The Morgan fingerprint density at radius 1 is 1.00 bits per heavy atom. The van der Waals surface area contributed by atoms with Gasteiger partial charge < -0.3 is 4.74 Å². The molecule has 0 bridgehead atoms. The normalized spacial score (nSPS) is 11.6. The second-order valence-corrected chi connectivity index (χ2v) is 7.51. The Hall–Kier alpha value is -2.59. The highest BCUT2D eigenvalue weighted by Gasteiger charge is 2.27. The van der Waals surface area contributed by atoms with Crippen molar-refractivity contribution in [2.45, 2.75) is 33.3 Å². The van der Waals surface area contributed by atoms with Gasteiger partial charge in [0.25, 0.3) is 0 Å². The maximum atomic E-state index is 13.2. The number of hydrogen-bond acceptors (Lipinski definition) is 3. The van der Waals surface area contributed by atoms with E-state index in [1.54, 1.807) is 37.3 Å². The van der Waals surface area contributed by atoms with Crippen molar-refractivity contribution in [1.82, 2.24) is 4.57 Å². The van der Waals surface area contributed by atoms with Gasteiger partial charge in [-0.25, -0.2) is 9.36 Å². The topological polar surface area (TPSA) is 48.3 Å². The van der Waals surface area contributed by atoms with Gasteiger partial charge in [0.1, 0.15) is 5.60 Å². The number of hydrogen-bond donors (Lipinski definition) is 0. The van der Waals surface area contributed by atoms with Crippen molar-refractivity contribution in [1.29, 1.82) is 0 Å². The number of ether oxygens (including phenoxy) is 1. The molecule has 0 saturated carbocycles. The van der Waals surface area contributed by atoms with Crippen molar-refractivity contribution in [2.24, 2.45) is 0 Å². The highest BCUT2D eigenvalue weighted by molar-refractivity contribution is 6.35. The van der Waals surface area contributed by atoms with E-state index in [1.807, 2.05) is 39.0 Å². The zero-order valence-electron chi connectivity index (χ0n) is 15.2. The summed E-state index contributed by atoms with van der Waals surface area (Å²) in [7, 11) is 0. The predicted octanol–water partition coefficient (Wildman–Crippen LogP) is 5.62. The van der Waals surface area contributed by atoms with E-state index in [0.29, 0.717) is 32.7 Å². The summed E-state index contributed by atoms with van der Waals surface area (Å²) in [4.78, 5) is 25.9. The molecule has 0 aliphatic rings. The van der Waals surface area contributed by atoms with Crippen LogP contribution in [-0.4, -0.2) is 22.0 Å². The molecule has 0 aliphatic carbocycles. The third kappa shape index (κ3) is 3.25. The molecule has 3 aromatic rings. The molecule has 5 heteroatoms. The first-order valence-electron chi connectivity index (χ1n) is 8.33. The number of aromatic nitrogens is 1. The number of para-hydroxylation sites is 1. The standard InChI is InChI=1S/C21H20ClNO3/c1-13-18(19(24)14-9-5-7-11-16(14)22)15-10-6-8-12-17(15)23(13)20(25)26-21(2,3)4/h5-12H,1-4H3. The van der Waals surface area contributed by atoms with Crippen molar-refractivity contribution in [3.8, 4) is 0 Å². The van der Waals surface area contributed by atoms with E-state index in [-0.39, 0.29) is 5.78 Å². The van der Waals surface area contributed by atoms with E-state index in [9.17, 15) is 9.59 Å². The number of carbonyl (C=O) groups is 2. The van der Waals surface area contributed by atoms with Gasteiger partial charge in [-0.3, -0.25) is 4.79 Å². The lowest BCUT2D eigenvalue weighted by molar-refractivity contribution is 0.0541. The van der Waals surface area contributed by atoms with E-state index < -0.39 is 11.7 Å². The summed E-state index contributed by atoms with van der Waals surface area (Å²) in [5.74, 6) is -0.216. The fourth-order valence-electron chi connectivity index (χ4n) is 2.98. The third-order valence-corrected chi connectivity index (χ3v) is 4.36. The summed E-state index contributed by atoms with van der Waals surface area (Å²) >= 11 is 6.21. The zero-order valence-corrected chi connectivity index (χ0v) is 15.9. The number of halogens is 1. The van der Waals surface area contributed by atoms with Crippen LogP contribution in [0, 0.1) is 6.92 Å². The van der Waals surface area contributed by atoms with Gasteiger partial charge in [0.15, 0.2) is 5.78 Å². The molecule has 0 unspecified atom stereocenters. The van der Waals surface area contributed by atoms with Gasteiger partial charge in [-0.15, -0.1) is 0 Å². The minimum atomic E-state index is -0.637. The highest BCUT2D eigenvalue weighted by Crippen LogP contribution is 2.30. The summed E-state index contributed by atoms with van der Waals surface area (Å²) in [6.07, 6.45) is -0.510. The fourth-order valence-corrected chi connectivity index (χ4v) is 3.20. The van der Waals surface area contributed by atoms with E-state index in [0.717, 1.165) is 0 Å². The van der Waals surface area contributed by atoms with Crippen LogP contribution in [0.3, 0.4) is 0 Å². The van der Waals surface area contributed by atoms with E-state index in [1.165, 1.54) is 4.57 Å². The Kier molecular flexibility index (Phi) is 4.63. The average molecular weight is 370 g/mol. The van der Waals surface area contributed by atoms with Gasteiger partial charge in [0, 0.05) is 16.6 Å². The summed E-state index contributed by atoms with van der Waals surface area (Å²) in [5.41, 5.74) is 1.39. The number of nitrogens with zero attached hydrogens (tertiary/aromatic N) is 1. The maximum Gasteiger partial charge on any atom is 0.419 e. The van der Waals surface area contributed by atoms with E-state index in [2.05, 4.69) is 0 Å². The van der Waals surface area contributed by atoms with Gasteiger partial charge in [-0.05, 0) is 45.9 Å². The smallest absolute Gasteiger partial charge is 0.419 e. The van der Waals surface area contributed by atoms with Crippen molar-refractivity contribution < 1.29 is 14.3 Å². The number of carbonyl (C=O) groups excluding carboxylic acids is 2. The molecule has 0 saturated heterocycles. The van der Waals surface area contributed by atoms with Crippen LogP contribution in [0.4, 0.5) is 4.79 Å². The molecular formula is C21H20ClNO3. The lowest BCUT2D eigenvalue weighted by Gasteiger charge is -2.20. The molecule has 3 rings (SSSR count). The molecule has 0 radical (unpaired) electrons. The van der Waals surface area contributed by atoms with Crippen LogP contribution in [0.25, 0.3) is 10.9 Å². The van der Waals surface area contributed by atoms with Gasteiger partial charge in [-0.2, -0.15) is 0 Å². The quantitative estimate of drug-likeness (QED) is 0.551. The molecule has 0 amide bonds. The van der Waals surface area contributed by atoms with Gasteiger partial charge in [-0.1, -0.05) is 41.9 Å². The first-order chi connectivity index (χ1) is 12.2. The SMILES string of the molecule is Cc1c(C(=O)c2ccccc2Cl)c2ccccc2n1C(=O)OC(C)(C)C. The Balaban J connectivity index is 2.22. The number of rotatable bonds is 2. The second-order valence-electron chi connectivity index (χ2n) is 7.10. The predicted molar refractivity (Wildman–Crippen MR) is 103 cm³/mol. The summed E-state index contributed by atoms with van der Waals surface area (Å²) in [5, 5.41) is 1.08. The van der Waals surface area contributed by atoms with Crippen molar-refractivity contribution in [2.75, 3.05) is 0 Å². The van der Waals surface area contributed by atoms with Crippen LogP contribution in [0.5, 0.6) is 0 Å². The lowest BCUT2D eigenvalue weighted by Crippen LogP contribution is -2.27. The van der Waals surface area contributed by atoms with Crippen LogP contribution in [0.2, 0.25) is 5.02 Å². The van der Waals surface area contributed by atoms with Gasteiger partial charge >= 0.3 is 6.09 Å². The van der Waals surface area contributed by atoms with Crippen molar-refractivity contribution in [3.63, 3.8) is 0 Å². The summed E-state index contributed by atoms with van der Waals surface area (Å²) < 4.78 is 6.97. The monoisotopic (exact) mass is 369 g/mol. The Morgan fingerprint density at radius 2 is 1.62 bits per heavy atom. The van der Waals surface area contributed by atoms with Gasteiger partial charge in [0.05, 0.1) is 16.1 Å². The van der Waals surface area contributed by atoms with Crippen LogP contribution in [0.15, 0.2) is 48.5 Å². The number of benzene rings is 2. The third-order valence-electron chi connectivity index (χ3n) is 4.03. The number of ketones is 1. The minimum Gasteiger partial charge on any atom is -0.443 e. The van der Waals surface area contributed by atoms with Crippen LogP contribution in [-0.2, 0) is 4.74 Å². The molecule has 1 heterocycles. The second kappa shape index (κ2) is 6.61. The molecule has 0 N–H and O–H groups in total.